The minimum absolute atomic E-state index is 0.130. The molecule has 1 aliphatic heterocycles. The Kier molecular flexibility index (Phi) is 5.79. The molecule has 21 heavy (non-hydrogen) atoms. The van der Waals surface area contributed by atoms with E-state index in [-0.39, 0.29) is 12.1 Å². The van der Waals surface area contributed by atoms with E-state index in [9.17, 15) is 4.79 Å². The molecule has 1 atom stereocenters. The first-order valence-corrected chi connectivity index (χ1v) is 8.76. The summed E-state index contributed by atoms with van der Waals surface area (Å²) in [5.41, 5.74) is 3.23. The number of hydrogen-bond donors (Lipinski definition) is 2. The van der Waals surface area contributed by atoms with Gasteiger partial charge in [0, 0.05) is 42.0 Å². The quantitative estimate of drug-likeness (QED) is 0.895. The summed E-state index contributed by atoms with van der Waals surface area (Å²) < 4.78 is 0. The Bertz CT molecular complexity index is 486. The molecule has 2 N–H and O–H groups in total. The maximum absolute atomic E-state index is 11.9. The number of anilines is 2. The van der Waals surface area contributed by atoms with Gasteiger partial charge in [0.2, 0.25) is 0 Å². The van der Waals surface area contributed by atoms with Crippen LogP contribution in [0.15, 0.2) is 18.2 Å². The second kappa shape index (κ2) is 7.59. The van der Waals surface area contributed by atoms with E-state index in [2.05, 4.69) is 34.6 Å². The number of urea groups is 1. The summed E-state index contributed by atoms with van der Waals surface area (Å²) in [4.78, 5) is 14.3. The van der Waals surface area contributed by atoms with Crippen LogP contribution in [0.3, 0.4) is 0 Å². The highest BCUT2D eigenvalue weighted by molar-refractivity contribution is 7.99. The average molecular weight is 307 g/mol. The number of nitrogens with zero attached hydrogens (tertiary/aromatic N) is 1. The van der Waals surface area contributed by atoms with Crippen molar-refractivity contribution in [2.45, 2.75) is 33.2 Å². The number of thioether (sulfide) groups is 1. The van der Waals surface area contributed by atoms with E-state index in [0.29, 0.717) is 0 Å². The van der Waals surface area contributed by atoms with Crippen molar-refractivity contribution in [2.24, 2.45) is 0 Å². The van der Waals surface area contributed by atoms with Gasteiger partial charge in [-0.2, -0.15) is 11.8 Å². The Balaban J connectivity index is 2.00. The smallest absolute Gasteiger partial charge is 0.319 e. The van der Waals surface area contributed by atoms with Gasteiger partial charge in [-0.25, -0.2) is 4.79 Å². The van der Waals surface area contributed by atoms with Crippen molar-refractivity contribution >= 4 is 29.2 Å². The summed E-state index contributed by atoms with van der Waals surface area (Å²) in [5, 5.41) is 5.85. The van der Waals surface area contributed by atoms with Crippen LogP contribution in [0.4, 0.5) is 16.2 Å². The molecule has 5 heteroatoms. The zero-order valence-corrected chi connectivity index (χ0v) is 13.9. The molecule has 1 fully saturated rings. The number of carbonyl (C=O) groups excluding carboxylic acids is 1. The van der Waals surface area contributed by atoms with E-state index < -0.39 is 0 Å². The molecule has 4 nitrogen and oxygen atoms in total. The zero-order chi connectivity index (χ0) is 15.2. The van der Waals surface area contributed by atoms with Crippen LogP contribution >= 0.6 is 11.8 Å². The van der Waals surface area contributed by atoms with Crippen LogP contribution < -0.4 is 15.5 Å². The number of rotatable bonds is 4. The van der Waals surface area contributed by atoms with Crippen molar-refractivity contribution in [3.63, 3.8) is 0 Å². The standard InChI is InChI=1S/C16H25N3OS/c1-4-13(3)17-16(20)18-15-6-5-14(11-12(15)2)19-7-9-21-10-8-19/h5-6,11,13H,4,7-10H2,1-3H3,(H2,17,18,20). The summed E-state index contributed by atoms with van der Waals surface area (Å²) in [6.07, 6.45) is 0.929. The summed E-state index contributed by atoms with van der Waals surface area (Å²) in [7, 11) is 0. The molecule has 0 spiro atoms. The molecule has 2 rings (SSSR count). The van der Waals surface area contributed by atoms with Gasteiger partial charge >= 0.3 is 6.03 Å². The Morgan fingerprint density at radius 3 is 2.71 bits per heavy atom. The second-order valence-corrected chi connectivity index (χ2v) is 6.73. The van der Waals surface area contributed by atoms with Gasteiger partial charge in [0.25, 0.3) is 0 Å². The number of hydrogen-bond acceptors (Lipinski definition) is 3. The van der Waals surface area contributed by atoms with E-state index in [4.69, 9.17) is 0 Å². The second-order valence-electron chi connectivity index (χ2n) is 5.51. The van der Waals surface area contributed by atoms with Gasteiger partial charge in [-0.3, -0.25) is 0 Å². The monoisotopic (exact) mass is 307 g/mol. The Hall–Kier alpha value is -1.36. The molecular formula is C16H25N3OS. The third-order valence-electron chi connectivity index (χ3n) is 3.82. The zero-order valence-electron chi connectivity index (χ0n) is 13.1. The van der Waals surface area contributed by atoms with Gasteiger partial charge in [-0.05, 0) is 44.0 Å². The van der Waals surface area contributed by atoms with Crippen molar-refractivity contribution in [1.82, 2.24) is 5.32 Å². The van der Waals surface area contributed by atoms with E-state index in [1.54, 1.807) is 0 Å². The normalized spacial score (nSPS) is 16.4. The van der Waals surface area contributed by atoms with Crippen LogP contribution in [0, 0.1) is 6.92 Å². The molecule has 1 unspecified atom stereocenters. The lowest BCUT2D eigenvalue weighted by atomic mass is 10.1. The molecule has 0 bridgehead atoms. The van der Waals surface area contributed by atoms with Crippen molar-refractivity contribution in [3.05, 3.63) is 23.8 Å². The van der Waals surface area contributed by atoms with Gasteiger partial charge in [0.1, 0.15) is 0 Å². The predicted octanol–water partition coefficient (Wildman–Crippen LogP) is 3.47. The molecule has 1 saturated heterocycles. The largest absolute Gasteiger partial charge is 0.370 e. The predicted molar refractivity (Wildman–Crippen MR) is 92.6 cm³/mol. The summed E-state index contributed by atoms with van der Waals surface area (Å²) in [5.74, 6) is 2.38. The molecule has 0 aromatic heterocycles. The maximum atomic E-state index is 11.9. The molecule has 1 aromatic rings. The van der Waals surface area contributed by atoms with Gasteiger partial charge < -0.3 is 15.5 Å². The van der Waals surface area contributed by atoms with E-state index in [1.165, 1.54) is 17.2 Å². The first kappa shape index (κ1) is 16.0. The third-order valence-corrected chi connectivity index (χ3v) is 4.77. The van der Waals surface area contributed by atoms with Crippen LogP contribution in [0.5, 0.6) is 0 Å². The highest BCUT2D eigenvalue weighted by atomic mass is 32.2. The van der Waals surface area contributed by atoms with Gasteiger partial charge in [-0.1, -0.05) is 6.92 Å². The number of amides is 2. The fourth-order valence-electron chi connectivity index (χ4n) is 2.29. The Morgan fingerprint density at radius 2 is 2.10 bits per heavy atom. The fraction of sp³-hybridized carbons (Fsp3) is 0.562. The lowest BCUT2D eigenvalue weighted by Gasteiger charge is -2.29. The topological polar surface area (TPSA) is 44.4 Å². The molecule has 0 aliphatic carbocycles. The molecule has 1 heterocycles. The molecule has 116 valence electrons. The number of nitrogens with one attached hydrogen (secondary N) is 2. The third kappa shape index (κ3) is 4.56. The van der Waals surface area contributed by atoms with Crippen LogP contribution in [0.1, 0.15) is 25.8 Å². The molecule has 0 radical (unpaired) electrons. The molecule has 0 saturated carbocycles. The lowest BCUT2D eigenvalue weighted by molar-refractivity contribution is 0.249. The molecule has 1 aliphatic rings. The van der Waals surface area contributed by atoms with E-state index in [0.717, 1.165) is 30.8 Å². The van der Waals surface area contributed by atoms with E-state index >= 15 is 0 Å². The first-order chi connectivity index (χ1) is 10.1. The molecule has 2 amide bonds. The Labute approximate surface area is 131 Å². The fourth-order valence-corrected chi connectivity index (χ4v) is 3.19. The average Bonchev–Trinajstić information content (AvgIpc) is 2.50. The van der Waals surface area contributed by atoms with Gasteiger partial charge in [-0.15, -0.1) is 0 Å². The van der Waals surface area contributed by atoms with Crippen molar-refractivity contribution in [1.29, 1.82) is 0 Å². The highest BCUT2D eigenvalue weighted by Crippen LogP contribution is 2.24. The van der Waals surface area contributed by atoms with Crippen LogP contribution in [0.2, 0.25) is 0 Å². The van der Waals surface area contributed by atoms with Gasteiger partial charge in [0.15, 0.2) is 0 Å². The van der Waals surface area contributed by atoms with Gasteiger partial charge in [0.05, 0.1) is 0 Å². The number of aryl methyl sites for hydroxylation is 1. The first-order valence-electron chi connectivity index (χ1n) is 7.61. The summed E-state index contributed by atoms with van der Waals surface area (Å²) >= 11 is 2.01. The minimum atomic E-state index is -0.130. The van der Waals surface area contributed by atoms with Crippen LogP contribution in [0.25, 0.3) is 0 Å². The lowest BCUT2D eigenvalue weighted by Crippen LogP contribution is -2.35. The SMILES string of the molecule is CCC(C)NC(=O)Nc1ccc(N2CCSCC2)cc1C. The van der Waals surface area contributed by atoms with Crippen LogP contribution in [-0.2, 0) is 0 Å². The highest BCUT2D eigenvalue weighted by Gasteiger charge is 2.13. The van der Waals surface area contributed by atoms with Crippen molar-refractivity contribution in [2.75, 3.05) is 34.8 Å². The summed E-state index contributed by atoms with van der Waals surface area (Å²) in [6.45, 7) is 8.31. The van der Waals surface area contributed by atoms with Crippen molar-refractivity contribution in [3.8, 4) is 0 Å². The molecule has 1 aromatic carbocycles. The summed E-state index contributed by atoms with van der Waals surface area (Å²) in [6, 6.07) is 6.32. The minimum Gasteiger partial charge on any atom is -0.370 e. The van der Waals surface area contributed by atoms with Crippen molar-refractivity contribution < 1.29 is 4.79 Å². The van der Waals surface area contributed by atoms with E-state index in [1.807, 2.05) is 31.7 Å². The Morgan fingerprint density at radius 1 is 1.38 bits per heavy atom. The maximum Gasteiger partial charge on any atom is 0.319 e. The van der Waals surface area contributed by atoms with Crippen LogP contribution in [-0.4, -0.2) is 36.7 Å². The molecular weight excluding hydrogens is 282 g/mol. The number of carbonyl (C=O) groups is 1. The number of benzene rings is 1.